The number of rotatable bonds is 8. The highest BCUT2D eigenvalue weighted by atomic mass is 16.2. The monoisotopic (exact) mass is 444 g/mol. The normalized spacial score (nSPS) is 14.7. The molecule has 1 aliphatic rings. The lowest BCUT2D eigenvalue weighted by atomic mass is 10.2. The number of benzene rings is 2. The maximum atomic E-state index is 12.3. The Morgan fingerprint density at radius 1 is 1.00 bits per heavy atom. The first-order valence-corrected chi connectivity index (χ1v) is 11.5. The fourth-order valence-electron chi connectivity index (χ4n) is 4.16. The molecular weight excluding hydrogens is 412 g/mol. The van der Waals surface area contributed by atoms with E-state index in [2.05, 4.69) is 61.8 Å². The van der Waals surface area contributed by atoms with Crippen molar-refractivity contribution < 1.29 is 4.79 Å². The molecule has 1 aliphatic heterocycles. The van der Waals surface area contributed by atoms with Crippen molar-refractivity contribution in [3.63, 3.8) is 0 Å². The van der Waals surface area contributed by atoms with Gasteiger partial charge in [-0.05, 0) is 31.5 Å². The molecule has 7 heteroatoms. The Balaban J connectivity index is 1.22. The van der Waals surface area contributed by atoms with Gasteiger partial charge in [0.15, 0.2) is 0 Å². The number of carbonyl (C=O) groups excluding carboxylic acids is 1. The third-order valence-corrected chi connectivity index (χ3v) is 6.14. The predicted molar refractivity (Wildman–Crippen MR) is 133 cm³/mol. The molecule has 1 saturated heterocycles. The Morgan fingerprint density at radius 2 is 1.67 bits per heavy atom. The lowest BCUT2D eigenvalue weighted by molar-refractivity contribution is -0.121. The van der Waals surface area contributed by atoms with Crippen molar-refractivity contribution in [2.24, 2.45) is 5.10 Å². The minimum absolute atomic E-state index is 0.0660. The van der Waals surface area contributed by atoms with E-state index in [1.54, 1.807) is 6.21 Å². The molecule has 2 aromatic carbocycles. The summed E-state index contributed by atoms with van der Waals surface area (Å²) >= 11 is 0. The van der Waals surface area contributed by atoms with E-state index in [0.29, 0.717) is 13.0 Å². The topological polar surface area (TPSA) is 65.8 Å². The molecular formula is C26H32N6O. The van der Waals surface area contributed by atoms with Crippen LogP contribution in [-0.4, -0.2) is 59.5 Å². The van der Waals surface area contributed by atoms with E-state index in [1.807, 2.05) is 42.8 Å². The van der Waals surface area contributed by atoms with Crippen LogP contribution in [-0.2, 0) is 11.3 Å². The first kappa shape index (κ1) is 22.7. The molecule has 4 rings (SSSR count). The maximum absolute atomic E-state index is 12.3. The second-order valence-corrected chi connectivity index (χ2v) is 8.44. The molecule has 7 nitrogen and oxygen atoms in total. The molecule has 1 aromatic heterocycles. The zero-order chi connectivity index (χ0) is 23.0. The van der Waals surface area contributed by atoms with Crippen LogP contribution in [0.2, 0.25) is 0 Å². The summed E-state index contributed by atoms with van der Waals surface area (Å²) in [6, 6.07) is 20.7. The minimum atomic E-state index is -0.0660. The van der Waals surface area contributed by atoms with Gasteiger partial charge >= 0.3 is 0 Å². The number of hydrogen-bond donors (Lipinski definition) is 1. The Hall–Kier alpha value is -3.45. The molecule has 0 radical (unpaired) electrons. The molecule has 0 aliphatic carbocycles. The van der Waals surface area contributed by atoms with E-state index >= 15 is 0 Å². The Bertz CT molecular complexity index is 1070. The number of hydrogen-bond acceptors (Lipinski definition) is 5. The van der Waals surface area contributed by atoms with Crippen molar-refractivity contribution in [2.75, 3.05) is 37.6 Å². The van der Waals surface area contributed by atoms with Crippen LogP contribution in [0.15, 0.2) is 65.8 Å². The molecule has 2 heterocycles. The SMILES string of the molecule is Cc1nn(Cc2ccccc2)c(C)c1C=NNC(=O)CCN1CCN(c2ccccc2)CC1. The first-order chi connectivity index (χ1) is 16.1. The number of hydrazone groups is 1. The summed E-state index contributed by atoms with van der Waals surface area (Å²) in [5.74, 6) is -0.0660. The standard InChI is InChI=1S/C26H32N6O/c1-21-25(22(2)32(29-21)20-23-9-5-3-6-10-23)19-27-28-26(33)13-14-30-15-17-31(18-16-30)24-11-7-4-8-12-24/h3-12,19H,13-18,20H2,1-2H3,(H,28,33). The Morgan fingerprint density at radius 3 is 2.36 bits per heavy atom. The molecule has 1 amide bonds. The molecule has 1 fully saturated rings. The van der Waals surface area contributed by atoms with Gasteiger partial charge in [0.05, 0.1) is 18.5 Å². The minimum Gasteiger partial charge on any atom is -0.369 e. The number of para-hydroxylation sites is 1. The quantitative estimate of drug-likeness (QED) is 0.428. The third-order valence-electron chi connectivity index (χ3n) is 6.14. The third kappa shape index (κ3) is 6.08. The molecule has 0 spiro atoms. The van der Waals surface area contributed by atoms with Crippen LogP contribution < -0.4 is 10.3 Å². The van der Waals surface area contributed by atoms with E-state index in [0.717, 1.165) is 49.7 Å². The lowest BCUT2D eigenvalue weighted by Crippen LogP contribution is -2.47. The van der Waals surface area contributed by atoms with Gasteiger partial charge in [0.25, 0.3) is 0 Å². The van der Waals surface area contributed by atoms with Crippen LogP contribution in [0.3, 0.4) is 0 Å². The van der Waals surface area contributed by atoms with E-state index in [9.17, 15) is 4.79 Å². The zero-order valence-corrected chi connectivity index (χ0v) is 19.4. The van der Waals surface area contributed by atoms with Crippen LogP contribution in [0.25, 0.3) is 0 Å². The van der Waals surface area contributed by atoms with E-state index in [1.165, 1.54) is 11.3 Å². The smallest absolute Gasteiger partial charge is 0.241 e. The molecule has 1 N–H and O–H groups in total. The molecule has 0 atom stereocenters. The fourth-order valence-corrected chi connectivity index (χ4v) is 4.16. The second kappa shape index (κ2) is 10.9. The maximum Gasteiger partial charge on any atom is 0.241 e. The summed E-state index contributed by atoms with van der Waals surface area (Å²) < 4.78 is 1.98. The van der Waals surface area contributed by atoms with Crippen molar-refractivity contribution in [3.05, 3.63) is 83.2 Å². The van der Waals surface area contributed by atoms with Crippen LogP contribution in [0.5, 0.6) is 0 Å². The predicted octanol–water partition coefficient (Wildman–Crippen LogP) is 3.21. The van der Waals surface area contributed by atoms with Crippen molar-refractivity contribution in [3.8, 4) is 0 Å². The number of amides is 1. The molecule has 172 valence electrons. The van der Waals surface area contributed by atoms with Gasteiger partial charge in [0, 0.05) is 56.1 Å². The average Bonchev–Trinajstić information content (AvgIpc) is 3.11. The molecule has 0 saturated carbocycles. The van der Waals surface area contributed by atoms with Gasteiger partial charge < -0.3 is 4.90 Å². The lowest BCUT2D eigenvalue weighted by Gasteiger charge is -2.36. The number of aromatic nitrogens is 2. The van der Waals surface area contributed by atoms with Crippen molar-refractivity contribution in [1.29, 1.82) is 0 Å². The van der Waals surface area contributed by atoms with Gasteiger partial charge in [0.2, 0.25) is 5.91 Å². The molecule has 0 bridgehead atoms. The highest BCUT2D eigenvalue weighted by Crippen LogP contribution is 2.16. The number of aryl methyl sites for hydroxylation is 1. The highest BCUT2D eigenvalue weighted by molar-refractivity contribution is 5.84. The summed E-state index contributed by atoms with van der Waals surface area (Å²) in [5, 5.41) is 8.83. The molecule has 33 heavy (non-hydrogen) atoms. The number of carbonyl (C=O) groups is 1. The number of nitrogens with one attached hydrogen (secondary N) is 1. The Kier molecular flexibility index (Phi) is 7.52. The largest absolute Gasteiger partial charge is 0.369 e. The summed E-state index contributed by atoms with van der Waals surface area (Å²) in [4.78, 5) is 17.0. The van der Waals surface area contributed by atoms with Crippen molar-refractivity contribution in [1.82, 2.24) is 20.1 Å². The first-order valence-electron chi connectivity index (χ1n) is 11.5. The molecule has 0 unspecified atom stereocenters. The summed E-state index contributed by atoms with van der Waals surface area (Å²) in [7, 11) is 0. The number of anilines is 1. The molecule has 3 aromatic rings. The number of nitrogens with zero attached hydrogens (tertiary/aromatic N) is 5. The van der Waals surface area contributed by atoms with Crippen LogP contribution >= 0.6 is 0 Å². The summed E-state index contributed by atoms with van der Waals surface area (Å²) in [5.41, 5.74) is 8.02. The second-order valence-electron chi connectivity index (χ2n) is 8.44. The van der Waals surface area contributed by atoms with E-state index in [-0.39, 0.29) is 5.91 Å². The summed E-state index contributed by atoms with van der Waals surface area (Å²) in [6.45, 7) is 9.34. The highest BCUT2D eigenvalue weighted by Gasteiger charge is 2.17. The van der Waals surface area contributed by atoms with Crippen LogP contribution in [0, 0.1) is 13.8 Å². The van der Waals surface area contributed by atoms with Crippen LogP contribution in [0.1, 0.15) is 28.9 Å². The van der Waals surface area contributed by atoms with Gasteiger partial charge in [-0.1, -0.05) is 48.5 Å². The average molecular weight is 445 g/mol. The zero-order valence-electron chi connectivity index (χ0n) is 19.4. The fraction of sp³-hybridized carbons (Fsp3) is 0.346. The van der Waals surface area contributed by atoms with Gasteiger partial charge in [-0.15, -0.1) is 0 Å². The van der Waals surface area contributed by atoms with Crippen LogP contribution in [0.4, 0.5) is 5.69 Å². The summed E-state index contributed by atoms with van der Waals surface area (Å²) in [6.07, 6.45) is 2.14. The Labute approximate surface area is 195 Å². The van der Waals surface area contributed by atoms with Gasteiger partial charge in [0.1, 0.15) is 0 Å². The van der Waals surface area contributed by atoms with Gasteiger partial charge in [-0.3, -0.25) is 14.4 Å². The van der Waals surface area contributed by atoms with E-state index in [4.69, 9.17) is 0 Å². The van der Waals surface area contributed by atoms with Crippen molar-refractivity contribution in [2.45, 2.75) is 26.8 Å². The van der Waals surface area contributed by atoms with E-state index < -0.39 is 0 Å². The number of piperazine rings is 1. The van der Waals surface area contributed by atoms with Gasteiger partial charge in [-0.2, -0.15) is 10.2 Å². The van der Waals surface area contributed by atoms with Crippen molar-refractivity contribution >= 4 is 17.8 Å². The van der Waals surface area contributed by atoms with Gasteiger partial charge in [-0.25, -0.2) is 5.43 Å².